The van der Waals surface area contributed by atoms with Crippen LogP contribution in [0.1, 0.15) is 44.6 Å². The summed E-state index contributed by atoms with van der Waals surface area (Å²) in [6, 6.07) is 9.73. The minimum absolute atomic E-state index is 0.136. The number of imidazole rings is 1. The van der Waals surface area contributed by atoms with E-state index in [0.29, 0.717) is 22.5 Å². The molecule has 1 amide bonds. The van der Waals surface area contributed by atoms with Crippen molar-refractivity contribution in [1.29, 1.82) is 0 Å². The minimum Gasteiger partial charge on any atom is -0.368 e. The van der Waals surface area contributed by atoms with E-state index in [-0.39, 0.29) is 11.3 Å². The Kier molecular flexibility index (Phi) is 7.33. The summed E-state index contributed by atoms with van der Waals surface area (Å²) in [7, 11) is 2.14. The fourth-order valence-corrected chi connectivity index (χ4v) is 5.68. The van der Waals surface area contributed by atoms with Gasteiger partial charge in [0, 0.05) is 38.1 Å². The third-order valence-electron chi connectivity index (χ3n) is 7.64. The number of hydrogen-bond donors (Lipinski definition) is 3. The molecule has 5 rings (SSSR count). The Morgan fingerprint density at radius 1 is 1.06 bits per heavy atom. The van der Waals surface area contributed by atoms with Crippen molar-refractivity contribution >= 4 is 57.5 Å². The number of aromatic nitrogens is 2. The molecular weight excluding hydrogens is 495 g/mol. The predicted octanol–water partition coefficient (Wildman–Crippen LogP) is 5.95. The zero-order valence-electron chi connectivity index (χ0n) is 21.0. The van der Waals surface area contributed by atoms with Crippen LogP contribution >= 0.6 is 23.2 Å². The predicted molar refractivity (Wildman–Crippen MR) is 149 cm³/mol. The molecule has 2 fully saturated rings. The zero-order chi connectivity index (χ0) is 25.3. The first-order valence-corrected chi connectivity index (χ1v) is 13.5. The van der Waals surface area contributed by atoms with Crippen molar-refractivity contribution in [3.63, 3.8) is 0 Å². The van der Waals surface area contributed by atoms with Gasteiger partial charge in [0.1, 0.15) is 0 Å². The molecule has 0 bridgehead atoms. The first-order chi connectivity index (χ1) is 17.3. The number of rotatable bonds is 6. The highest BCUT2D eigenvalue weighted by Gasteiger charge is 2.34. The highest BCUT2D eigenvalue weighted by Crippen LogP contribution is 2.36. The first-order valence-electron chi connectivity index (χ1n) is 12.8. The van der Waals surface area contributed by atoms with Crippen LogP contribution in [-0.4, -0.2) is 54.0 Å². The van der Waals surface area contributed by atoms with Gasteiger partial charge in [-0.3, -0.25) is 4.79 Å². The number of H-pyrrole nitrogens is 1. The van der Waals surface area contributed by atoms with Crippen molar-refractivity contribution in [1.82, 2.24) is 20.2 Å². The van der Waals surface area contributed by atoms with Crippen LogP contribution in [0.5, 0.6) is 0 Å². The molecule has 1 aromatic heterocycles. The van der Waals surface area contributed by atoms with Crippen LogP contribution < -0.4 is 15.5 Å². The number of carbonyl (C=O) groups is 1. The molecule has 2 aromatic carbocycles. The number of hydrogen-bond acceptors (Lipinski definition) is 5. The van der Waals surface area contributed by atoms with Gasteiger partial charge < -0.3 is 25.4 Å². The van der Waals surface area contributed by atoms with Crippen LogP contribution in [0.15, 0.2) is 30.3 Å². The van der Waals surface area contributed by atoms with Crippen molar-refractivity contribution in [3.8, 4) is 0 Å². The normalized spacial score (nSPS) is 18.4. The Labute approximate surface area is 222 Å². The van der Waals surface area contributed by atoms with Gasteiger partial charge in [0.25, 0.3) is 0 Å². The van der Waals surface area contributed by atoms with E-state index in [2.05, 4.69) is 39.4 Å². The highest BCUT2D eigenvalue weighted by molar-refractivity contribution is 6.34. The summed E-state index contributed by atoms with van der Waals surface area (Å²) in [5.74, 6) is 0.728. The summed E-state index contributed by atoms with van der Waals surface area (Å²) in [5, 5.41) is 7.74. The van der Waals surface area contributed by atoms with Gasteiger partial charge in [-0.05, 0) is 49.7 Å². The lowest BCUT2D eigenvalue weighted by molar-refractivity contribution is -0.132. The van der Waals surface area contributed by atoms with Crippen LogP contribution in [-0.2, 0) is 11.3 Å². The van der Waals surface area contributed by atoms with Gasteiger partial charge in [0.2, 0.25) is 11.9 Å². The maximum absolute atomic E-state index is 12.8. The molecule has 2 heterocycles. The van der Waals surface area contributed by atoms with Gasteiger partial charge in [0.05, 0.1) is 32.5 Å². The topological polar surface area (TPSA) is 76.3 Å². The number of fused-ring (bicyclic) bond motifs is 1. The van der Waals surface area contributed by atoms with Crippen LogP contribution in [0, 0.1) is 5.41 Å². The van der Waals surface area contributed by atoms with Gasteiger partial charge in [-0.25, -0.2) is 4.98 Å². The summed E-state index contributed by atoms with van der Waals surface area (Å²) < 4.78 is 0. The summed E-state index contributed by atoms with van der Waals surface area (Å²) in [5.41, 5.74) is 4.17. The third-order valence-corrected chi connectivity index (χ3v) is 8.27. The highest BCUT2D eigenvalue weighted by atomic mass is 35.5. The summed E-state index contributed by atoms with van der Waals surface area (Å²) in [4.78, 5) is 25.5. The molecule has 1 aliphatic carbocycles. The molecule has 7 nitrogen and oxygen atoms in total. The Morgan fingerprint density at radius 2 is 1.81 bits per heavy atom. The lowest BCUT2D eigenvalue weighted by Crippen LogP contribution is -2.44. The molecule has 0 unspecified atom stereocenters. The van der Waals surface area contributed by atoms with Gasteiger partial charge >= 0.3 is 0 Å². The van der Waals surface area contributed by atoms with Crippen LogP contribution in [0.2, 0.25) is 10.0 Å². The summed E-state index contributed by atoms with van der Waals surface area (Å²) in [6.07, 6.45) is 5.38. The van der Waals surface area contributed by atoms with Crippen molar-refractivity contribution in [2.45, 2.75) is 45.6 Å². The van der Waals surface area contributed by atoms with Crippen molar-refractivity contribution < 1.29 is 4.79 Å². The van der Waals surface area contributed by atoms with E-state index in [9.17, 15) is 4.79 Å². The molecule has 36 heavy (non-hydrogen) atoms. The number of benzene rings is 2. The van der Waals surface area contributed by atoms with Gasteiger partial charge in [0.15, 0.2) is 0 Å². The second-order valence-electron chi connectivity index (χ2n) is 10.4. The number of anilines is 3. The summed E-state index contributed by atoms with van der Waals surface area (Å²) in [6.45, 7) is 6.45. The van der Waals surface area contributed by atoms with Crippen LogP contribution in [0.3, 0.4) is 0 Å². The maximum atomic E-state index is 12.8. The SMILES string of the molecule is CN1CCN(c2cc3nc(Nc4cc(CNC(=O)C5(C)CCCCC5)ccc4Cl)[nH]c3cc2Cl)CC1. The van der Waals surface area contributed by atoms with Crippen LogP contribution in [0.4, 0.5) is 17.3 Å². The van der Waals surface area contributed by atoms with E-state index < -0.39 is 0 Å². The number of likely N-dealkylation sites (N-methyl/N-ethyl adjacent to an activating group) is 1. The number of aromatic amines is 1. The molecule has 1 saturated carbocycles. The number of nitrogens with one attached hydrogen (secondary N) is 3. The number of amides is 1. The Bertz CT molecular complexity index is 1240. The maximum Gasteiger partial charge on any atom is 0.226 e. The molecule has 0 atom stereocenters. The molecule has 2 aliphatic rings. The Morgan fingerprint density at radius 3 is 2.56 bits per heavy atom. The average molecular weight is 530 g/mol. The fraction of sp³-hybridized carbons (Fsp3) is 0.481. The standard InChI is InChI=1S/C27H34Cl2N6O/c1-27(8-4-3-5-9-27)25(36)30-17-18-6-7-19(28)21(14-18)31-26-32-22-15-20(29)24(16-23(22)33-26)35-12-10-34(2)11-13-35/h6-7,14-16H,3-5,8-13,17H2,1-2H3,(H,30,36)(H2,31,32,33). The van der Waals surface area contributed by atoms with E-state index in [1.807, 2.05) is 30.3 Å². The molecule has 0 radical (unpaired) electrons. The first kappa shape index (κ1) is 25.2. The largest absolute Gasteiger partial charge is 0.368 e. The van der Waals surface area contributed by atoms with Crippen molar-refractivity contribution in [3.05, 3.63) is 45.9 Å². The molecule has 1 saturated heterocycles. The number of halogens is 2. The van der Waals surface area contributed by atoms with Gasteiger partial charge in [-0.1, -0.05) is 55.5 Å². The minimum atomic E-state index is -0.260. The Hall–Kier alpha value is -2.48. The molecule has 3 aromatic rings. The van der Waals surface area contributed by atoms with E-state index in [0.717, 1.165) is 79.8 Å². The second-order valence-corrected chi connectivity index (χ2v) is 11.3. The smallest absolute Gasteiger partial charge is 0.226 e. The van der Waals surface area contributed by atoms with Gasteiger partial charge in [-0.15, -0.1) is 0 Å². The monoisotopic (exact) mass is 528 g/mol. The fourth-order valence-electron chi connectivity index (χ4n) is 5.23. The zero-order valence-corrected chi connectivity index (χ0v) is 22.5. The summed E-state index contributed by atoms with van der Waals surface area (Å²) >= 11 is 13.1. The van der Waals surface area contributed by atoms with Crippen LogP contribution in [0.25, 0.3) is 11.0 Å². The van der Waals surface area contributed by atoms with E-state index in [1.54, 1.807) is 0 Å². The third kappa shape index (κ3) is 5.43. The molecule has 9 heteroatoms. The van der Waals surface area contributed by atoms with E-state index in [1.165, 1.54) is 6.42 Å². The van der Waals surface area contributed by atoms with E-state index >= 15 is 0 Å². The quantitative estimate of drug-likeness (QED) is 0.368. The van der Waals surface area contributed by atoms with Crippen molar-refractivity contribution in [2.75, 3.05) is 43.4 Å². The number of carbonyl (C=O) groups excluding carboxylic acids is 1. The second kappa shape index (κ2) is 10.5. The van der Waals surface area contributed by atoms with Gasteiger partial charge in [-0.2, -0.15) is 0 Å². The average Bonchev–Trinajstić information content (AvgIpc) is 3.25. The number of piperazine rings is 1. The number of nitrogens with zero attached hydrogens (tertiary/aromatic N) is 3. The molecule has 1 aliphatic heterocycles. The lowest BCUT2D eigenvalue weighted by Gasteiger charge is -2.34. The molecule has 3 N–H and O–H groups in total. The van der Waals surface area contributed by atoms with E-state index in [4.69, 9.17) is 28.2 Å². The molecular formula is C27H34Cl2N6O. The Balaban J connectivity index is 1.29. The molecule has 0 spiro atoms. The van der Waals surface area contributed by atoms with Crippen molar-refractivity contribution in [2.24, 2.45) is 5.41 Å². The molecule has 192 valence electrons. The lowest BCUT2D eigenvalue weighted by atomic mass is 9.75.